The Bertz CT molecular complexity index is 740. The van der Waals surface area contributed by atoms with Crippen molar-refractivity contribution in [3.8, 4) is 11.5 Å². The molecule has 30 heavy (non-hydrogen) atoms. The summed E-state index contributed by atoms with van der Waals surface area (Å²) in [6.07, 6.45) is -1.73. The third-order valence-electron chi connectivity index (χ3n) is 6.87. The second-order valence-electron chi connectivity index (χ2n) is 8.78. The summed E-state index contributed by atoms with van der Waals surface area (Å²) in [6.45, 7) is 3.91. The van der Waals surface area contributed by atoms with Crippen LogP contribution in [0.15, 0.2) is 12.1 Å². The average Bonchev–Trinajstić information content (AvgIpc) is 2.75. The summed E-state index contributed by atoms with van der Waals surface area (Å²) >= 11 is 0. The van der Waals surface area contributed by atoms with E-state index in [1.54, 1.807) is 6.07 Å². The highest BCUT2D eigenvalue weighted by atomic mass is 16.7. The first-order valence-electron chi connectivity index (χ1n) is 11.0. The number of aromatic hydroxyl groups is 1. The molecule has 1 aromatic carbocycles. The number of benzene rings is 1. The Morgan fingerprint density at radius 1 is 1.13 bits per heavy atom. The van der Waals surface area contributed by atoms with Crippen LogP contribution in [0.2, 0.25) is 0 Å². The SMILES string of the molecule is CCCN1CCC[C@@H]2Cc3c(ccc(O[C@@H]4O[C@H](CO)[C@@H](O)[C@H](O)[C@H]4O)c3O)C[C@H]21. The second kappa shape index (κ2) is 8.98. The standard InChI is InChI=1S/C22H33NO7/c1-2-7-23-8-3-4-13-9-14-12(10-15(13)23)5-6-16(18(14)25)29-22-21(28)20(27)19(26)17(11-24)30-22/h5-6,13,15,17,19-22,24-28H,2-4,7-11H2,1H3/t13-,15-,17-,19-,20+,21-,22-/m1/s1. The van der Waals surface area contributed by atoms with Gasteiger partial charge in [-0.25, -0.2) is 0 Å². The van der Waals surface area contributed by atoms with Gasteiger partial charge in [0.1, 0.15) is 24.4 Å². The summed E-state index contributed by atoms with van der Waals surface area (Å²) in [4.78, 5) is 2.58. The van der Waals surface area contributed by atoms with E-state index in [0.29, 0.717) is 12.0 Å². The summed E-state index contributed by atoms with van der Waals surface area (Å²) < 4.78 is 11.1. The van der Waals surface area contributed by atoms with Crippen LogP contribution in [0.5, 0.6) is 11.5 Å². The molecule has 0 radical (unpaired) electrons. The van der Waals surface area contributed by atoms with Crippen LogP contribution >= 0.6 is 0 Å². The van der Waals surface area contributed by atoms with Crippen molar-refractivity contribution in [2.45, 2.75) is 75.8 Å². The lowest BCUT2D eigenvalue weighted by molar-refractivity contribution is -0.277. The molecule has 2 aliphatic heterocycles. The number of phenolic OH excluding ortho intramolecular Hbond substituents is 1. The number of hydrogen-bond acceptors (Lipinski definition) is 8. The van der Waals surface area contributed by atoms with Crippen LogP contribution < -0.4 is 4.74 Å². The Morgan fingerprint density at radius 3 is 2.67 bits per heavy atom. The molecule has 0 spiro atoms. The molecule has 2 saturated heterocycles. The first-order chi connectivity index (χ1) is 14.4. The molecular formula is C22H33NO7. The van der Waals surface area contributed by atoms with Crippen molar-refractivity contribution in [1.82, 2.24) is 4.90 Å². The van der Waals surface area contributed by atoms with Crippen molar-refractivity contribution in [1.29, 1.82) is 0 Å². The van der Waals surface area contributed by atoms with Gasteiger partial charge in [-0.1, -0.05) is 13.0 Å². The van der Waals surface area contributed by atoms with Crippen molar-refractivity contribution in [2.75, 3.05) is 19.7 Å². The average molecular weight is 424 g/mol. The van der Waals surface area contributed by atoms with E-state index in [0.717, 1.165) is 49.9 Å². The molecule has 0 bridgehead atoms. The first-order valence-corrected chi connectivity index (χ1v) is 11.0. The van der Waals surface area contributed by atoms with Gasteiger partial charge < -0.3 is 35.0 Å². The number of ether oxygens (including phenoxy) is 2. The lowest BCUT2D eigenvalue weighted by Gasteiger charge is -2.45. The minimum Gasteiger partial charge on any atom is -0.504 e. The van der Waals surface area contributed by atoms with Gasteiger partial charge in [-0.2, -0.15) is 0 Å². The van der Waals surface area contributed by atoms with Gasteiger partial charge in [0, 0.05) is 11.6 Å². The highest BCUT2D eigenvalue weighted by molar-refractivity contribution is 5.51. The summed E-state index contributed by atoms with van der Waals surface area (Å²) in [7, 11) is 0. The Labute approximate surface area is 176 Å². The third-order valence-corrected chi connectivity index (χ3v) is 6.87. The molecule has 168 valence electrons. The first kappa shape index (κ1) is 21.8. The highest BCUT2D eigenvalue weighted by Crippen LogP contribution is 2.42. The molecule has 1 aromatic rings. The van der Waals surface area contributed by atoms with Gasteiger partial charge in [-0.15, -0.1) is 0 Å². The van der Waals surface area contributed by atoms with Gasteiger partial charge in [-0.05, 0) is 62.7 Å². The van der Waals surface area contributed by atoms with Crippen LogP contribution in [0, 0.1) is 5.92 Å². The maximum Gasteiger partial charge on any atom is 0.229 e. The molecule has 8 heteroatoms. The normalized spacial score (nSPS) is 36.8. The fourth-order valence-electron chi connectivity index (χ4n) is 5.26. The number of phenols is 1. The predicted octanol–water partition coefficient (Wildman–Crippen LogP) is 0.160. The van der Waals surface area contributed by atoms with Crippen molar-refractivity contribution < 1.29 is 35.0 Å². The van der Waals surface area contributed by atoms with Gasteiger partial charge >= 0.3 is 0 Å². The monoisotopic (exact) mass is 423 g/mol. The van der Waals surface area contributed by atoms with E-state index in [-0.39, 0.29) is 11.5 Å². The lowest BCUT2D eigenvalue weighted by Crippen LogP contribution is -2.60. The maximum atomic E-state index is 10.9. The van der Waals surface area contributed by atoms with E-state index < -0.39 is 37.3 Å². The van der Waals surface area contributed by atoms with Gasteiger partial charge in [0.15, 0.2) is 11.5 Å². The van der Waals surface area contributed by atoms with Crippen LogP contribution in [-0.4, -0.2) is 86.9 Å². The molecule has 8 nitrogen and oxygen atoms in total. The van der Waals surface area contributed by atoms with Gasteiger partial charge in [-0.3, -0.25) is 4.90 Å². The molecule has 1 aliphatic carbocycles. The Hall–Kier alpha value is -1.42. The fraction of sp³-hybridized carbons (Fsp3) is 0.727. The smallest absolute Gasteiger partial charge is 0.229 e. The highest BCUT2D eigenvalue weighted by Gasteiger charge is 2.45. The topological polar surface area (TPSA) is 123 Å². The number of likely N-dealkylation sites (tertiary alicyclic amines) is 1. The van der Waals surface area contributed by atoms with E-state index in [2.05, 4.69) is 11.8 Å². The summed E-state index contributed by atoms with van der Waals surface area (Å²) in [6, 6.07) is 4.11. The van der Waals surface area contributed by atoms with Gasteiger partial charge in [0.2, 0.25) is 6.29 Å². The summed E-state index contributed by atoms with van der Waals surface area (Å²) in [5, 5.41) is 50.4. The number of rotatable bonds is 5. The quantitative estimate of drug-likeness (QED) is 0.454. The van der Waals surface area contributed by atoms with Crippen LogP contribution in [-0.2, 0) is 17.6 Å². The van der Waals surface area contributed by atoms with Crippen molar-refractivity contribution in [3.63, 3.8) is 0 Å². The fourth-order valence-corrected chi connectivity index (χ4v) is 5.26. The molecule has 0 amide bonds. The summed E-state index contributed by atoms with van der Waals surface area (Å²) in [5.74, 6) is 0.694. The zero-order chi connectivity index (χ0) is 21.4. The predicted molar refractivity (Wildman–Crippen MR) is 108 cm³/mol. The van der Waals surface area contributed by atoms with Crippen molar-refractivity contribution in [3.05, 3.63) is 23.3 Å². The van der Waals surface area contributed by atoms with Crippen LogP contribution in [0.3, 0.4) is 0 Å². The van der Waals surface area contributed by atoms with Crippen molar-refractivity contribution in [2.24, 2.45) is 5.92 Å². The number of aliphatic hydroxyl groups excluding tert-OH is 4. The zero-order valence-electron chi connectivity index (χ0n) is 17.4. The molecular weight excluding hydrogens is 390 g/mol. The number of piperidine rings is 1. The van der Waals surface area contributed by atoms with E-state index in [4.69, 9.17) is 9.47 Å². The Kier molecular flexibility index (Phi) is 6.53. The van der Waals surface area contributed by atoms with E-state index in [1.165, 1.54) is 6.42 Å². The van der Waals surface area contributed by atoms with Gasteiger partial charge in [0.05, 0.1) is 6.61 Å². The molecule has 2 fully saturated rings. The number of aliphatic hydroxyl groups is 4. The van der Waals surface area contributed by atoms with Crippen molar-refractivity contribution >= 4 is 0 Å². The number of nitrogens with zero attached hydrogens (tertiary/aromatic N) is 1. The molecule has 0 unspecified atom stereocenters. The second-order valence-corrected chi connectivity index (χ2v) is 8.78. The van der Waals surface area contributed by atoms with Gasteiger partial charge in [0.25, 0.3) is 0 Å². The van der Waals surface area contributed by atoms with E-state index >= 15 is 0 Å². The van der Waals surface area contributed by atoms with E-state index in [9.17, 15) is 25.5 Å². The lowest BCUT2D eigenvalue weighted by atomic mass is 9.75. The summed E-state index contributed by atoms with van der Waals surface area (Å²) in [5.41, 5.74) is 1.98. The third kappa shape index (κ3) is 3.92. The molecule has 0 aromatic heterocycles. The maximum absolute atomic E-state index is 10.9. The van der Waals surface area contributed by atoms with Crippen LogP contribution in [0.4, 0.5) is 0 Å². The zero-order valence-corrected chi connectivity index (χ0v) is 17.4. The number of hydrogen-bond donors (Lipinski definition) is 5. The molecule has 5 N–H and O–H groups in total. The minimum absolute atomic E-state index is 0.0375. The molecule has 2 heterocycles. The number of fused-ring (bicyclic) bond motifs is 2. The Balaban J connectivity index is 1.54. The minimum atomic E-state index is -1.52. The molecule has 7 atom stereocenters. The molecule has 3 aliphatic rings. The molecule has 4 rings (SSSR count). The molecule has 0 saturated carbocycles. The van der Waals surface area contributed by atoms with Crippen LogP contribution in [0.1, 0.15) is 37.3 Å². The largest absolute Gasteiger partial charge is 0.504 e. The Morgan fingerprint density at radius 2 is 1.93 bits per heavy atom. The van der Waals surface area contributed by atoms with Crippen LogP contribution in [0.25, 0.3) is 0 Å². The van der Waals surface area contributed by atoms with E-state index in [1.807, 2.05) is 6.07 Å².